The lowest BCUT2D eigenvalue weighted by Gasteiger charge is -2.14. The van der Waals surface area contributed by atoms with Crippen LogP contribution < -0.4 is 10.6 Å². The molecule has 0 aliphatic heterocycles. The molecular formula is C19H25N5O. The van der Waals surface area contributed by atoms with E-state index in [0.29, 0.717) is 6.54 Å². The zero-order chi connectivity index (χ0) is 18.0. The number of fused-ring (bicyclic) bond motifs is 1. The van der Waals surface area contributed by atoms with Crippen LogP contribution in [0.15, 0.2) is 30.6 Å². The van der Waals surface area contributed by atoms with Gasteiger partial charge in [-0.3, -0.25) is 4.68 Å². The summed E-state index contributed by atoms with van der Waals surface area (Å²) >= 11 is 0. The molecule has 0 aliphatic rings. The molecule has 1 aromatic carbocycles. The topological polar surface area (TPSA) is 74.7 Å². The molecule has 25 heavy (non-hydrogen) atoms. The van der Waals surface area contributed by atoms with Gasteiger partial charge in [0.25, 0.3) is 0 Å². The monoisotopic (exact) mass is 339 g/mol. The number of hydrogen-bond acceptors (Lipinski definition) is 2. The predicted molar refractivity (Wildman–Crippen MR) is 99.6 cm³/mol. The first kappa shape index (κ1) is 17.1. The van der Waals surface area contributed by atoms with Gasteiger partial charge in [-0.05, 0) is 38.3 Å². The molecular weight excluding hydrogens is 314 g/mol. The van der Waals surface area contributed by atoms with Crippen molar-refractivity contribution in [2.24, 2.45) is 7.05 Å². The molecule has 0 spiro atoms. The Morgan fingerprint density at radius 1 is 1.36 bits per heavy atom. The van der Waals surface area contributed by atoms with Gasteiger partial charge in [-0.15, -0.1) is 0 Å². The van der Waals surface area contributed by atoms with Crippen molar-refractivity contribution in [1.29, 1.82) is 0 Å². The van der Waals surface area contributed by atoms with E-state index in [4.69, 9.17) is 0 Å². The number of aromatic nitrogens is 3. The Labute approximate surface area is 147 Å². The molecule has 6 heteroatoms. The van der Waals surface area contributed by atoms with Crippen LogP contribution in [0.4, 0.5) is 4.79 Å². The van der Waals surface area contributed by atoms with Crippen LogP contribution in [-0.4, -0.2) is 27.3 Å². The molecule has 2 aromatic heterocycles. The number of H-pyrrole nitrogens is 1. The van der Waals surface area contributed by atoms with E-state index < -0.39 is 0 Å². The summed E-state index contributed by atoms with van der Waals surface area (Å²) in [6.45, 7) is 6.60. The molecule has 1 atom stereocenters. The highest BCUT2D eigenvalue weighted by molar-refractivity contribution is 5.86. The molecule has 6 nitrogen and oxygen atoms in total. The number of carbonyl (C=O) groups excluding carboxylic acids is 1. The molecule has 0 unspecified atom stereocenters. The van der Waals surface area contributed by atoms with Crippen molar-refractivity contribution in [2.75, 3.05) is 6.54 Å². The fraction of sp³-hybridized carbons (Fsp3) is 0.368. The molecule has 3 N–H and O–H groups in total. The Kier molecular flexibility index (Phi) is 4.79. The number of benzene rings is 1. The predicted octanol–water partition coefficient (Wildman–Crippen LogP) is 3.12. The maximum atomic E-state index is 12.1. The molecule has 0 radical (unpaired) electrons. The average Bonchev–Trinajstić information content (AvgIpc) is 3.11. The van der Waals surface area contributed by atoms with Crippen LogP contribution in [0, 0.1) is 13.8 Å². The molecule has 2 amide bonds. The van der Waals surface area contributed by atoms with Crippen LogP contribution >= 0.6 is 0 Å². The summed E-state index contributed by atoms with van der Waals surface area (Å²) in [5.41, 5.74) is 5.59. The summed E-state index contributed by atoms with van der Waals surface area (Å²) < 4.78 is 1.76. The third-order valence-corrected chi connectivity index (χ3v) is 4.55. The molecule has 2 heterocycles. The van der Waals surface area contributed by atoms with Gasteiger partial charge in [0.1, 0.15) is 0 Å². The molecule has 0 fully saturated rings. The highest BCUT2D eigenvalue weighted by atomic mass is 16.2. The van der Waals surface area contributed by atoms with E-state index in [1.54, 1.807) is 4.68 Å². The van der Waals surface area contributed by atoms with Crippen molar-refractivity contribution in [2.45, 2.75) is 33.2 Å². The summed E-state index contributed by atoms with van der Waals surface area (Å²) in [5, 5.41) is 11.4. The van der Waals surface area contributed by atoms with E-state index in [2.05, 4.69) is 45.8 Å². The molecule has 3 aromatic rings. The summed E-state index contributed by atoms with van der Waals surface area (Å²) in [6, 6.07) is 6.03. The van der Waals surface area contributed by atoms with Gasteiger partial charge in [0.15, 0.2) is 0 Å². The second kappa shape index (κ2) is 7.01. The van der Waals surface area contributed by atoms with E-state index in [1.165, 1.54) is 22.0 Å². The first-order chi connectivity index (χ1) is 12.0. The smallest absolute Gasteiger partial charge is 0.315 e. The van der Waals surface area contributed by atoms with Crippen molar-refractivity contribution >= 4 is 16.9 Å². The lowest BCUT2D eigenvalue weighted by Crippen LogP contribution is -2.38. The van der Waals surface area contributed by atoms with Crippen molar-refractivity contribution in [3.05, 3.63) is 53.0 Å². The highest BCUT2D eigenvalue weighted by Gasteiger charge is 2.14. The summed E-state index contributed by atoms with van der Waals surface area (Å²) in [5.74, 6) is 0. The summed E-state index contributed by atoms with van der Waals surface area (Å²) in [4.78, 5) is 15.5. The number of nitrogens with zero attached hydrogens (tertiary/aromatic N) is 2. The Morgan fingerprint density at radius 3 is 2.88 bits per heavy atom. The van der Waals surface area contributed by atoms with Gasteiger partial charge in [-0.2, -0.15) is 5.10 Å². The van der Waals surface area contributed by atoms with Crippen LogP contribution in [0.5, 0.6) is 0 Å². The zero-order valence-electron chi connectivity index (χ0n) is 15.2. The number of urea groups is 1. The minimum absolute atomic E-state index is 0.0792. The average molecular weight is 339 g/mol. The zero-order valence-corrected chi connectivity index (χ0v) is 15.2. The molecule has 132 valence electrons. The van der Waals surface area contributed by atoms with Crippen LogP contribution in [0.25, 0.3) is 10.9 Å². The van der Waals surface area contributed by atoms with Gasteiger partial charge in [0.05, 0.1) is 11.7 Å². The number of amides is 2. The van der Waals surface area contributed by atoms with Crippen LogP contribution in [0.3, 0.4) is 0 Å². The molecule has 0 saturated carbocycles. The van der Waals surface area contributed by atoms with Crippen molar-refractivity contribution < 1.29 is 4.79 Å². The van der Waals surface area contributed by atoms with E-state index in [1.807, 2.05) is 33.3 Å². The molecule has 0 bridgehead atoms. The number of aryl methyl sites for hydroxylation is 3. The van der Waals surface area contributed by atoms with Gasteiger partial charge >= 0.3 is 6.03 Å². The number of rotatable bonds is 5. The van der Waals surface area contributed by atoms with Crippen molar-refractivity contribution in [3.8, 4) is 0 Å². The minimum atomic E-state index is -0.160. The van der Waals surface area contributed by atoms with Gasteiger partial charge in [0.2, 0.25) is 0 Å². The van der Waals surface area contributed by atoms with E-state index in [-0.39, 0.29) is 12.1 Å². The largest absolute Gasteiger partial charge is 0.361 e. The van der Waals surface area contributed by atoms with Gasteiger partial charge in [-0.1, -0.05) is 18.2 Å². The SMILES string of the molecule is Cc1nn(C)cc1[C@H](C)NC(=O)NCCc1c[nH]c2c(C)cccc12. The fourth-order valence-corrected chi connectivity index (χ4v) is 3.25. The summed E-state index contributed by atoms with van der Waals surface area (Å²) in [6.07, 6.45) is 4.75. The quantitative estimate of drug-likeness (QED) is 0.668. The van der Waals surface area contributed by atoms with Crippen molar-refractivity contribution in [1.82, 2.24) is 25.4 Å². The number of hydrogen-bond donors (Lipinski definition) is 3. The van der Waals surface area contributed by atoms with Crippen LogP contribution in [0.1, 0.15) is 35.3 Å². The second-order valence-corrected chi connectivity index (χ2v) is 6.53. The second-order valence-electron chi connectivity index (χ2n) is 6.53. The number of carbonyl (C=O) groups is 1. The Bertz CT molecular complexity index is 892. The lowest BCUT2D eigenvalue weighted by atomic mass is 10.1. The van der Waals surface area contributed by atoms with Crippen LogP contribution in [0.2, 0.25) is 0 Å². The Hall–Kier alpha value is -2.76. The number of nitrogens with one attached hydrogen (secondary N) is 3. The maximum absolute atomic E-state index is 12.1. The highest BCUT2D eigenvalue weighted by Crippen LogP contribution is 2.21. The first-order valence-electron chi connectivity index (χ1n) is 8.55. The Morgan fingerprint density at radius 2 is 2.16 bits per heavy atom. The van der Waals surface area contributed by atoms with Crippen molar-refractivity contribution in [3.63, 3.8) is 0 Å². The third-order valence-electron chi connectivity index (χ3n) is 4.55. The van der Waals surface area contributed by atoms with Gasteiger partial charge < -0.3 is 15.6 Å². The van der Waals surface area contributed by atoms with Crippen LogP contribution in [-0.2, 0) is 13.5 Å². The fourth-order valence-electron chi connectivity index (χ4n) is 3.25. The molecule has 0 aliphatic carbocycles. The first-order valence-corrected chi connectivity index (χ1v) is 8.55. The van der Waals surface area contributed by atoms with Gasteiger partial charge in [0, 0.05) is 42.5 Å². The van der Waals surface area contributed by atoms with E-state index in [0.717, 1.165) is 17.7 Å². The van der Waals surface area contributed by atoms with E-state index in [9.17, 15) is 4.79 Å². The standard InChI is InChI=1S/C19H25N5O/c1-12-6-5-7-16-15(10-21-18(12)16)8-9-20-19(25)22-13(2)17-11-24(4)23-14(17)3/h5-7,10-11,13,21H,8-9H2,1-4H3,(H2,20,22,25)/t13-/m0/s1. The third kappa shape index (κ3) is 3.68. The summed E-state index contributed by atoms with van der Waals surface area (Å²) in [7, 11) is 1.88. The molecule has 3 rings (SSSR count). The number of aromatic amines is 1. The lowest BCUT2D eigenvalue weighted by molar-refractivity contribution is 0.238. The minimum Gasteiger partial charge on any atom is -0.361 e. The van der Waals surface area contributed by atoms with E-state index >= 15 is 0 Å². The normalized spacial score (nSPS) is 12.3. The van der Waals surface area contributed by atoms with Gasteiger partial charge in [-0.25, -0.2) is 4.79 Å². The Balaban J connectivity index is 1.54. The maximum Gasteiger partial charge on any atom is 0.315 e. The molecule has 0 saturated heterocycles. The number of para-hydroxylation sites is 1.